The van der Waals surface area contributed by atoms with Gasteiger partial charge in [-0.25, -0.2) is 0 Å². The third kappa shape index (κ3) is 7.99. The number of ether oxygens (including phenoxy) is 1. The molecule has 1 aromatic rings. The standard InChI is InChI=1S/C28H48O/c1-21(2)11-8-12-22(3)13-9-14-23(4)15-10-19-28(7)20-18-26-17-16-24(5)25(6)27(26)29-28/h16-17,21-23H,8-15,18-20H2,1-7H3. The zero-order valence-electron chi connectivity index (χ0n) is 20.6. The molecule has 3 unspecified atom stereocenters. The fraction of sp³-hybridized carbons (Fsp3) is 0.786. The molecule has 0 spiro atoms. The molecule has 3 atom stereocenters. The van der Waals surface area contributed by atoms with Gasteiger partial charge in [-0.05, 0) is 80.9 Å². The van der Waals surface area contributed by atoms with E-state index < -0.39 is 0 Å². The van der Waals surface area contributed by atoms with Crippen LogP contribution in [0.4, 0.5) is 0 Å². The minimum Gasteiger partial charge on any atom is -0.487 e. The van der Waals surface area contributed by atoms with Crippen molar-refractivity contribution >= 4 is 0 Å². The van der Waals surface area contributed by atoms with E-state index in [-0.39, 0.29) is 5.60 Å². The van der Waals surface area contributed by atoms with Crippen LogP contribution in [0.3, 0.4) is 0 Å². The average molecular weight is 401 g/mol. The molecule has 0 aromatic heterocycles. The molecule has 0 saturated carbocycles. The van der Waals surface area contributed by atoms with Crippen molar-refractivity contribution in [3.63, 3.8) is 0 Å². The number of benzene rings is 1. The molecule has 0 N–H and O–H groups in total. The summed E-state index contributed by atoms with van der Waals surface area (Å²) in [5, 5.41) is 0. The minimum atomic E-state index is 0.0240. The maximum Gasteiger partial charge on any atom is 0.126 e. The molecule has 166 valence electrons. The highest BCUT2D eigenvalue weighted by Gasteiger charge is 2.32. The molecule has 1 heteroatoms. The summed E-state index contributed by atoms with van der Waals surface area (Å²) in [5.41, 5.74) is 4.11. The van der Waals surface area contributed by atoms with Gasteiger partial charge in [0.1, 0.15) is 11.4 Å². The minimum absolute atomic E-state index is 0.0240. The highest BCUT2D eigenvalue weighted by Crippen LogP contribution is 2.39. The Balaban J connectivity index is 1.65. The second kappa shape index (κ2) is 11.4. The van der Waals surface area contributed by atoms with Gasteiger partial charge in [0.05, 0.1) is 0 Å². The van der Waals surface area contributed by atoms with Gasteiger partial charge >= 0.3 is 0 Å². The first-order chi connectivity index (χ1) is 13.7. The summed E-state index contributed by atoms with van der Waals surface area (Å²) in [5.74, 6) is 3.79. The van der Waals surface area contributed by atoms with Crippen LogP contribution in [0.25, 0.3) is 0 Å². The van der Waals surface area contributed by atoms with E-state index >= 15 is 0 Å². The predicted octanol–water partition coefficient (Wildman–Crippen LogP) is 8.83. The lowest BCUT2D eigenvalue weighted by Gasteiger charge is -2.37. The Hall–Kier alpha value is -0.980. The second-order valence-corrected chi connectivity index (χ2v) is 10.9. The number of fused-ring (bicyclic) bond motifs is 1. The van der Waals surface area contributed by atoms with Crippen LogP contribution in [0, 0.1) is 31.6 Å². The highest BCUT2D eigenvalue weighted by atomic mass is 16.5. The molecule has 1 aromatic carbocycles. The quantitative estimate of drug-likeness (QED) is 0.340. The van der Waals surface area contributed by atoms with E-state index in [0.717, 1.165) is 30.6 Å². The van der Waals surface area contributed by atoms with Crippen LogP contribution in [-0.4, -0.2) is 5.60 Å². The SMILES string of the molecule is Cc1ccc2c(c1C)OC(C)(CCCC(C)CCCC(C)CCCC(C)C)CC2. The maximum absolute atomic E-state index is 6.58. The molecule has 1 heterocycles. The first-order valence-electron chi connectivity index (χ1n) is 12.5. The maximum atomic E-state index is 6.58. The normalized spacial score (nSPS) is 21.0. The summed E-state index contributed by atoms with van der Waals surface area (Å²) in [6.07, 6.45) is 14.6. The van der Waals surface area contributed by atoms with E-state index in [2.05, 4.69) is 60.6 Å². The van der Waals surface area contributed by atoms with Gasteiger partial charge in [0.2, 0.25) is 0 Å². The summed E-state index contributed by atoms with van der Waals surface area (Å²) in [6, 6.07) is 4.51. The van der Waals surface area contributed by atoms with E-state index in [0.29, 0.717) is 0 Å². The van der Waals surface area contributed by atoms with Crippen LogP contribution in [-0.2, 0) is 6.42 Å². The number of hydrogen-bond donors (Lipinski definition) is 0. The summed E-state index contributed by atoms with van der Waals surface area (Å²) < 4.78 is 6.58. The Bertz CT molecular complexity index is 617. The van der Waals surface area contributed by atoms with E-state index in [1.807, 2.05) is 0 Å². The molecular formula is C28H48O. The van der Waals surface area contributed by atoms with Crippen LogP contribution < -0.4 is 4.74 Å². The van der Waals surface area contributed by atoms with E-state index in [1.165, 1.54) is 80.2 Å². The van der Waals surface area contributed by atoms with Gasteiger partial charge in [0, 0.05) is 0 Å². The summed E-state index contributed by atoms with van der Waals surface area (Å²) in [6.45, 7) is 16.3. The van der Waals surface area contributed by atoms with Crippen LogP contribution in [0.2, 0.25) is 0 Å². The molecule has 0 saturated heterocycles. The largest absolute Gasteiger partial charge is 0.487 e. The Morgan fingerprint density at radius 1 is 0.862 bits per heavy atom. The molecule has 0 bridgehead atoms. The predicted molar refractivity (Wildman–Crippen MR) is 128 cm³/mol. The van der Waals surface area contributed by atoms with Gasteiger partial charge < -0.3 is 4.74 Å². The van der Waals surface area contributed by atoms with Crippen molar-refractivity contribution in [2.75, 3.05) is 0 Å². The molecule has 1 aliphatic heterocycles. The highest BCUT2D eigenvalue weighted by molar-refractivity contribution is 5.46. The summed E-state index contributed by atoms with van der Waals surface area (Å²) in [4.78, 5) is 0. The van der Waals surface area contributed by atoms with Gasteiger partial charge in [-0.1, -0.05) is 84.8 Å². The van der Waals surface area contributed by atoms with Gasteiger partial charge in [0.25, 0.3) is 0 Å². The third-order valence-corrected chi connectivity index (χ3v) is 7.30. The van der Waals surface area contributed by atoms with Crippen LogP contribution in [0.5, 0.6) is 5.75 Å². The van der Waals surface area contributed by atoms with E-state index in [1.54, 1.807) is 0 Å². The molecule has 2 rings (SSSR count). The Labute approximate surface area is 182 Å². The zero-order chi connectivity index (χ0) is 21.4. The molecule has 29 heavy (non-hydrogen) atoms. The Kier molecular flexibility index (Phi) is 9.57. The lowest BCUT2D eigenvalue weighted by molar-refractivity contribution is 0.0515. The number of rotatable bonds is 12. The van der Waals surface area contributed by atoms with Crippen molar-refractivity contribution in [1.82, 2.24) is 0 Å². The molecule has 0 fully saturated rings. The van der Waals surface area contributed by atoms with Crippen molar-refractivity contribution in [1.29, 1.82) is 0 Å². The van der Waals surface area contributed by atoms with Crippen molar-refractivity contribution in [3.05, 3.63) is 28.8 Å². The Morgan fingerprint density at radius 2 is 1.45 bits per heavy atom. The third-order valence-electron chi connectivity index (χ3n) is 7.30. The molecule has 1 nitrogen and oxygen atoms in total. The van der Waals surface area contributed by atoms with Crippen molar-refractivity contribution in [2.45, 2.75) is 125 Å². The van der Waals surface area contributed by atoms with Gasteiger partial charge in [-0.3, -0.25) is 0 Å². The number of hydrogen-bond acceptors (Lipinski definition) is 1. The van der Waals surface area contributed by atoms with Crippen LogP contribution in [0.15, 0.2) is 12.1 Å². The monoisotopic (exact) mass is 400 g/mol. The molecule has 0 radical (unpaired) electrons. The first-order valence-corrected chi connectivity index (χ1v) is 12.5. The molecule has 1 aliphatic rings. The topological polar surface area (TPSA) is 9.23 Å². The number of aryl methyl sites for hydroxylation is 2. The van der Waals surface area contributed by atoms with E-state index in [4.69, 9.17) is 4.74 Å². The molecule has 0 amide bonds. The van der Waals surface area contributed by atoms with Gasteiger partial charge in [0.15, 0.2) is 0 Å². The fourth-order valence-corrected chi connectivity index (χ4v) is 4.86. The van der Waals surface area contributed by atoms with Crippen LogP contribution in [0.1, 0.15) is 116 Å². The zero-order valence-corrected chi connectivity index (χ0v) is 20.6. The molecule has 0 aliphatic carbocycles. The van der Waals surface area contributed by atoms with Crippen molar-refractivity contribution < 1.29 is 4.74 Å². The fourth-order valence-electron chi connectivity index (χ4n) is 4.86. The average Bonchev–Trinajstić information content (AvgIpc) is 2.65. The second-order valence-electron chi connectivity index (χ2n) is 10.9. The summed E-state index contributed by atoms with van der Waals surface area (Å²) in [7, 11) is 0. The lowest BCUT2D eigenvalue weighted by atomic mass is 9.85. The van der Waals surface area contributed by atoms with Crippen molar-refractivity contribution in [3.8, 4) is 5.75 Å². The summed E-state index contributed by atoms with van der Waals surface area (Å²) >= 11 is 0. The van der Waals surface area contributed by atoms with Crippen LogP contribution >= 0.6 is 0 Å². The molecular weight excluding hydrogens is 352 g/mol. The van der Waals surface area contributed by atoms with Gasteiger partial charge in [-0.2, -0.15) is 0 Å². The van der Waals surface area contributed by atoms with E-state index in [9.17, 15) is 0 Å². The lowest BCUT2D eigenvalue weighted by Crippen LogP contribution is -2.36. The van der Waals surface area contributed by atoms with Gasteiger partial charge in [-0.15, -0.1) is 0 Å². The smallest absolute Gasteiger partial charge is 0.126 e. The first kappa shape index (κ1) is 24.3. The Morgan fingerprint density at radius 3 is 2.07 bits per heavy atom. The van der Waals surface area contributed by atoms with Crippen molar-refractivity contribution in [2.24, 2.45) is 17.8 Å².